The SMILES string of the molecule is O=S(=O)(c1cc(CCl)oc1Br)N1CCN2CCCCC2C1. The molecule has 0 N–H and O–H groups in total. The van der Waals surface area contributed by atoms with Crippen molar-refractivity contribution in [3.05, 3.63) is 16.5 Å². The molecule has 1 aromatic rings. The Morgan fingerprint density at radius 1 is 1.33 bits per heavy atom. The Kier molecular flexibility index (Phi) is 4.66. The average Bonchev–Trinajstić information content (AvgIpc) is 2.88. The molecular formula is C13H18BrClN2O3S. The molecule has 0 aromatic carbocycles. The molecular weight excluding hydrogens is 380 g/mol. The van der Waals surface area contributed by atoms with Crippen LogP contribution in [0.2, 0.25) is 0 Å². The first kappa shape index (κ1) is 15.8. The molecule has 3 rings (SSSR count). The summed E-state index contributed by atoms with van der Waals surface area (Å²) in [6.07, 6.45) is 3.47. The number of alkyl halides is 1. The molecule has 2 aliphatic heterocycles. The standard InChI is InChI=1S/C13H18BrClN2O3S/c14-13-12(7-11(8-15)20-13)21(18,19)17-6-5-16-4-2-1-3-10(16)9-17/h7,10H,1-6,8-9H2. The maximum absolute atomic E-state index is 12.8. The maximum Gasteiger partial charge on any atom is 0.247 e. The van der Waals surface area contributed by atoms with Gasteiger partial charge in [0.05, 0.1) is 5.88 Å². The van der Waals surface area contributed by atoms with E-state index in [0.717, 1.165) is 19.5 Å². The quantitative estimate of drug-likeness (QED) is 0.736. The number of rotatable bonds is 3. The number of piperidine rings is 1. The number of piperazine rings is 1. The molecule has 5 nitrogen and oxygen atoms in total. The molecule has 2 saturated heterocycles. The fourth-order valence-electron chi connectivity index (χ4n) is 3.12. The lowest BCUT2D eigenvalue weighted by Crippen LogP contribution is -2.56. The zero-order valence-corrected chi connectivity index (χ0v) is 14.8. The van der Waals surface area contributed by atoms with Crippen LogP contribution in [0.15, 0.2) is 20.0 Å². The molecule has 0 saturated carbocycles. The fourth-order valence-corrected chi connectivity index (χ4v) is 5.69. The molecule has 118 valence electrons. The maximum atomic E-state index is 12.8. The van der Waals surface area contributed by atoms with Gasteiger partial charge in [0.2, 0.25) is 10.0 Å². The zero-order valence-electron chi connectivity index (χ0n) is 11.6. The Balaban J connectivity index is 1.83. The van der Waals surface area contributed by atoms with Crippen molar-refractivity contribution in [1.82, 2.24) is 9.21 Å². The van der Waals surface area contributed by atoms with Gasteiger partial charge in [0.15, 0.2) is 4.67 Å². The van der Waals surface area contributed by atoms with Crippen LogP contribution in [-0.2, 0) is 15.9 Å². The molecule has 1 atom stereocenters. The molecule has 1 aromatic heterocycles. The predicted octanol–water partition coefficient (Wildman–Crippen LogP) is 2.64. The fraction of sp³-hybridized carbons (Fsp3) is 0.692. The average molecular weight is 398 g/mol. The monoisotopic (exact) mass is 396 g/mol. The van der Waals surface area contributed by atoms with Crippen LogP contribution in [0.1, 0.15) is 25.0 Å². The number of sulfonamides is 1. The summed E-state index contributed by atoms with van der Waals surface area (Å²) in [6.45, 7) is 2.99. The van der Waals surface area contributed by atoms with Crippen LogP contribution >= 0.6 is 27.5 Å². The van der Waals surface area contributed by atoms with Crippen molar-refractivity contribution in [1.29, 1.82) is 0 Å². The van der Waals surface area contributed by atoms with Crippen molar-refractivity contribution in [3.63, 3.8) is 0 Å². The van der Waals surface area contributed by atoms with Crippen LogP contribution in [0.5, 0.6) is 0 Å². The van der Waals surface area contributed by atoms with Crippen molar-refractivity contribution >= 4 is 37.6 Å². The van der Waals surface area contributed by atoms with E-state index in [1.165, 1.54) is 18.9 Å². The second-order valence-electron chi connectivity index (χ2n) is 5.53. The van der Waals surface area contributed by atoms with E-state index in [-0.39, 0.29) is 15.4 Å². The highest BCUT2D eigenvalue weighted by Crippen LogP contribution is 2.31. The van der Waals surface area contributed by atoms with Crippen LogP contribution < -0.4 is 0 Å². The molecule has 0 amide bonds. The molecule has 0 aliphatic carbocycles. The van der Waals surface area contributed by atoms with E-state index in [4.69, 9.17) is 16.0 Å². The summed E-state index contributed by atoms with van der Waals surface area (Å²) in [5.41, 5.74) is 0. The van der Waals surface area contributed by atoms with E-state index in [1.54, 1.807) is 4.31 Å². The first-order chi connectivity index (χ1) is 10.0. The molecule has 8 heteroatoms. The summed E-state index contributed by atoms with van der Waals surface area (Å²) < 4.78 is 32.7. The normalized spacial score (nSPS) is 25.0. The lowest BCUT2D eigenvalue weighted by atomic mass is 10.0. The van der Waals surface area contributed by atoms with Gasteiger partial charge in [-0.15, -0.1) is 11.6 Å². The van der Waals surface area contributed by atoms with Crippen LogP contribution in [0.3, 0.4) is 0 Å². The third-order valence-electron chi connectivity index (χ3n) is 4.26. The Morgan fingerprint density at radius 2 is 2.14 bits per heavy atom. The second-order valence-corrected chi connectivity index (χ2v) is 8.43. The van der Waals surface area contributed by atoms with E-state index >= 15 is 0 Å². The third kappa shape index (κ3) is 3.03. The van der Waals surface area contributed by atoms with Crippen molar-refractivity contribution in [2.75, 3.05) is 26.2 Å². The number of hydrogen-bond donors (Lipinski definition) is 0. The van der Waals surface area contributed by atoms with Gasteiger partial charge in [-0.25, -0.2) is 8.42 Å². The first-order valence-electron chi connectivity index (χ1n) is 7.11. The largest absolute Gasteiger partial charge is 0.452 e. The van der Waals surface area contributed by atoms with Crippen LogP contribution in [-0.4, -0.2) is 49.8 Å². The van der Waals surface area contributed by atoms with Crippen molar-refractivity contribution in [2.45, 2.75) is 36.1 Å². The van der Waals surface area contributed by atoms with E-state index in [2.05, 4.69) is 20.8 Å². The highest BCUT2D eigenvalue weighted by molar-refractivity contribution is 9.10. The van der Waals surface area contributed by atoms with E-state index < -0.39 is 10.0 Å². The van der Waals surface area contributed by atoms with Crippen LogP contribution in [0.4, 0.5) is 0 Å². The number of hydrogen-bond acceptors (Lipinski definition) is 4. The Bertz CT molecular complexity index is 619. The van der Waals surface area contributed by atoms with Gasteiger partial charge in [0.1, 0.15) is 10.7 Å². The van der Waals surface area contributed by atoms with E-state index in [9.17, 15) is 8.42 Å². The zero-order chi connectivity index (χ0) is 15.0. The molecule has 3 heterocycles. The lowest BCUT2D eigenvalue weighted by Gasteiger charge is -2.43. The molecule has 0 spiro atoms. The van der Waals surface area contributed by atoms with Crippen molar-refractivity contribution in [3.8, 4) is 0 Å². The highest BCUT2D eigenvalue weighted by Gasteiger charge is 2.36. The van der Waals surface area contributed by atoms with Gasteiger partial charge in [-0.3, -0.25) is 4.90 Å². The summed E-state index contributed by atoms with van der Waals surface area (Å²) in [4.78, 5) is 2.59. The minimum Gasteiger partial charge on any atom is -0.452 e. The molecule has 1 unspecified atom stereocenters. The summed E-state index contributed by atoms with van der Waals surface area (Å²) in [7, 11) is -3.53. The summed E-state index contributed by atoms with van der Waals surface area (Å²) in [5.74, 6) is 0.614. The third-order valence-corrected chi connectivity index (χ3v) is 7.24. The van der Waals surface area contributed by atoms with Crippen LogP contribution in [0, 0.1) is 0 Å². The van der Waals surface area contributed by atoms with E-state index in [1.807, 2.05) is 0 Å². The smallest absolute Gasteiger partial charge is 0.247 e. The Morgan fingerprint density at radius 3 is 2.86 bits per heavy atom. The molecule has 0 radical (unpaired) electrons. The van der Waals surface area contributed by atoms with E-state index in [0.29, 0.717) is 24.9 Å². The number of furan rings is 1. The minimum atomic E-state index is -3.53. The summed E-state index contributed by atoms with van der Waals surface area (Å²) >= 11 is 8.90. The predicted molar refractivity (Wildman–Crippen MR) is 83.9 cm³/mol. The van der Waals surface area contributed by atoms with Gasteiger partial charge >= 0.3 is 0 Å². The van der Waals surface area contributed by atoms with Crippen LogP contribution in [0.25, 0.3) is 0 Å². The Hall–Kier alpha value is -0.0800. The number of halogens is 2. The highest BCUT2D eigenvalue weighted by atomic mass is 79.9. The molecule has 2 aliphatic rings. The first-order valence-corrected chi connectivity index (χ1v) is 9.87. The second kappa shape index (κ2) is 6.20. The van der Waals surface area contributed by atoms with Gasteiger partial charge in [0, 0.05) is 31.7 Å². The molecule has 2 fully saturated rings. The topological polar surface area (TPSA) is 53.8 Å². The minimum absolute atomic E-state index is 0.157. The van der Waals surface area contributed by atoms with Crippen molar-refractivity contribution < 1.29 is 12.8 Å². The molecule has 0 bridgehead atoms. The summed E-state index contributed by atoms with van der Waals surface area (Å²) in [5, 5.41) is 0. The van der Waals surface area contributed by atoms with Gasteiger partial charge < -0.3 is 4.42 Å². The summed E-state index contributed by atoms with van der Waals surface area (Å²) in [6, 6.07) is 1.86. The Labute approximate surface area is 138 Å². The van der Waals surface area contributed by atoms with Gasteiger partial charge in [-0.05, 0) is 35.3 Å². The van der Waals surface area contributed by atoms with Crippen molar-refractivity contribution in [2.24, 2.45) is 0 Å². The number of nitrogens with zero attached hydrogens (tertiary/aromatic N) is 2. The van der Waals surface area contributed by atoms with Gasteiger partial charge in [0.25, 0.3) is 0 Å². The van der Waals surface area contributed by atoms with Gasteiger partial charge in [-0.2, -0.15) is 4.31 Å². The number of fused-ring (bicyclic) bond motifs is 1. The lowest BCUT2D eigenvalue weighted by molar-refractivity contribution is 0.0851. The molecule has 21 heavy (non-hydrogen) atoms. The van der Waals surface area contributed by atoms with Gasteiger partial charge in [-0.1, -0.05) is 6.42 Å².